The second-order valence-electron chi connectivity index (χ2n) is 6.44. The fourth-order valence-electron chi connectivity index (χ4n) is 2.94. The molecule has 0 amide bonds. The first-order chi connectivity index (χ1) is 13.0. The number of aromatic amines is 1. The molecule has 0 aliphatic heterocycles. The summed E-state index contributed by atoms with van der Waals surface area (Å²) < 4.78 is 62.6. The van der Waals surface area contributed by atoms with Gasteiger partial charge in [0.25, 0.3) is 5.56 Å². The number of hydrogen-bond acceptors (Lipinski definition) is 5. The average Bonchev–Trinajstić information content (AvgIpc) is 2.99. The van der Waals surface area contributed by atoms with E-state index in [1.54, 1.807) is 13.8 Å². The van der Waals surface area contributed by atoms with Gasteiger partial charge in [-0.2, -0.15) is 18.3 Å². The Morgan fingerprint density at radius 1 is 1.14 bits per heavy atom. The number of hydrogen-bond donors (Lipinski definition) is 2. The van der Waals surface area contributed by atoms with Gasteiger partial charge in [0.2, 0.25) is 0 Å². The molecule has 2 atom stereocenters. The molecule has 2 aromatic heterocycles. The third kappa shape index (κ3) is 3.53. The van der Waals surface area contributed by atoms with Crippen molar-refractivity contribution in [1.82, 2.24) is 19.7 Å². The van der Waals surface area contributed by atoms with Crippen molar-refractivity contribution in [3.63, 3.8) is 0 Å². The molecule has 150 valence electrons. The van der Waals surface area contributed by atoms with Crippen molar-refractivity contribution >= 4 is 21.7 Å². The van der Waals surface area contributed by atoms with E-state index in [0.717, 1.165) is 12.1 Å². The molecule has 0 saturated heterocycles. The van der Waals surface area contributed by atoms with Crippen LogP contribution in [0.25, 0.3) is 11.0 Å². The first-order valence-corrected chi connectivity index (χ1v) is 9.55. The van der Waals surface area contributed by atoms with Crippen molar-refractivity contribution in [2.24, 2.45) is 0 Å². The monoisotopic (exact) mass is 414 g/mol. The Balaban J connectivity index is 2.18. The van der Waals surface area contributed by atoms with Crippen LogP contribution in [0.3, 0.4) is 0 Å². The molecular weight excluding hydrogens is 397 g/mol. The lowest BCUT2D eigenvalue weighted by molar-refractivity contribution is -0.137. The van der Waals surface area contributed by atoms with Crippen LogP contribution in [0.1, 0.15) is 47.8 Å². The van der Waals surface area contributed by atoms with Crippen molar-refractivity contribution in [2.45, 2.75) is 38.2 Å². The number of benzene rings is 1. The van der Waals surface area contributed by atoms with Gasteiger partial charge in [0.15, 0.2) is 5.65 Å². The van der Waals surface area contributed by atoms with E-state index in [0.29, 0.717) is 11.4 Å². The van der Waals surface area contributed by atoms with Gasteiger partial charge in [0.05, 0.1) is 17.3 Å². The summed E-state index contributed by atoms with van der Waals surface area (Å²) in [5.41, 5.74) is -0.572. The Morgan fingerprint density at radius 3 is 2.29 bits per heavy atom. The van der Waals surface area contributed by atoms with Crippen molar-refractivity contribution in [1.29, 1.82) is 0 Å². The summed E-state index contributed by atoms with van der Waals surface area (Å²) in [5, 5.41) is 3.32. The zero-order valence-electron chi connectivity index (χ0n) is 15.1. The van der Waals surface area contributed by atoms with Gasteiger partial charge in [-0.15, -0.1) is 0 Å². The Morgan fingerprint density at radius 2 is 1.75 bits per heavy atom. The highest BCUT2D eigenvalue weighted by atomic mass is 32.2. The standard InChI is InChI=1S/C17H17F3N4O3S/c1-8(11-4-6-12(7-5-11)17(18,19)20)24-15-13(16(25)22-10(3)21-15)14(23-24)9(2)28(26)27/h4-9,28H,1-3H3,(H,21,22,25)/t8-,9-/m1/s1. The van der Waals surface area contributed by atoms with Crippen molar-refractivity contribution in [3.8, 4) is 0 Å². The lowest BCUT2D eigenvalue weighted by Crippen LogP contribution is -2.13. The molecule has 2 heterocycles. The van der Waals surface area contributed by atoms with Crippen LogP contribution in [-0.4, -0.2) is 28.2 Å². The minimum atomic E-state index is -4.45. The number of nitrogens with one attached hydrogen (secondary N) is 1. The molecular formula is C17H17F3N4O3S. The van der Waals surface area contributed by atoms with E-state index in [4.69, 9.17) is 0 Å². The second-order valence-corrected chi connectivity index (χ2v) is 7.78. The molecule has 1 N–H and O–H groups in total. The number of fused-ring (bicyclic) bond motifs is 1. The van der Waals surface area contributed by atoms with Crippen LogP contribution in [0.15, 0.2) is 29.1 Å². The Bertz CT molecular complexity index is 1160. The van der Waals surface area contributed by atoms with E-state index < -0.39 is 39.3 Å². The van der Waals surface area contributed by atoms with E-state index in [1.807, 2.05) is 0 Å². The van der Waals surface area contributed by atoms with E-state index in [9.17, 15) is 26.4 Å². The van der Waals surface area contributed by atoms with Gasteiger partial charge in [-0.3, -0.25) is 4.79 Å². The average molecular weight is 414 g/mol. The van der Waals surface area contributed by atoms with Gasteiger partial charge >= 0.3 is 6.18 Å². The molecule has 0 spiro atoms. The van der Waals surface area contributed by atoms with Crippen molar-refractivity contribution in [2.75, 3.05) is 0 Å². The van der Waals surface area contributed by atoms with Gasteiger partial charge in [-0.1, -0.05) is 12.1 Å². The van der Waals surface area contributed by atoms with Gasteiger partial charge < -0.3 is 4.98 Å². The van der Waals surface area contributed by atoms with Crippen LogP contribution < -0.4 is 5.56 Å². The maximum atomic E-state index is 12.8. The molecule has 0 aliphatic carbocycles. The summed E-state index contributed by atoms with van der Waals surface area (Å²) in [7, 11) is -2.89. The van der Waals surface area contributed by atoms with Gasteiger partial charge in [0.1, 0.15) is 27.2 Å². The van der Waals surface area contributed by atoms with E-state index in [2.05, 4.69) is 15.1 Å². The number of halogens is 3. The topological polar surface area (TPSA) is 97.7 Å². The van der Waals surface area contributed by atoms with Crippen LogP contribution in [0.5, 0.6) is 0 Å². The number of nitrogens with zero attached hydrogens (tertiary/aromatic N) is 3. The summed E-state index contributed by atoms with van der Waals surface area (Å²) in [6.07, 6.45) is -4.45. The quantitative estimate of drug-likeness (QED) is 0.640. The molecule has 0 saturated carbocycles. The number of rotatable bonds is 4. The summed E-state index contributed by atoms with van der Waals surface area (Å²) in [6, 6.07) is 3.97. The maximum absolute atomic E-state index is 12.8. The van der Waals surface area contributed by atoms with Crippen LogP contribution in [0.2, 0.25) is 0 Å². The summed E-state index contributed by atoms with van der Waals surface area (Å²) >= 11 is 0. The molecule has 3 aromatic rings. The number of aromatic nitrogens is 4. The molecule has 0 bridgehead atoms. The summed E-state index contributed by atoms with van der Waals surface area (Å²) in [5.74, 6) is 0.309. The molecule has 7 nitrogen and oxygen atoms in total. The predicted octanol–water partition coefficient (Wildman–Crippen LogP) is 2.73. The molecule has 0 fully saturated rings. The first-order valence-electron chi connectivity index (χ1n) is 8.30. The Kier molecular flexibility index (Phi) is 5.04. The third-order valence-electron chi connectivity index (χ3n) is 4.51. The second kappa shape index (κ2) is 7.04. The SMILES string of the molecule is Cc1nc2c(c([C@@H](C)[SH](=O)=O)nn2[C@H](C)c2ccc(C(F)(F)F)cc2)c(=O)[nH]1. The van der Waals surface area contributed by atoms with Crippen molar-refractivity contribution < 1.29 is 21.6 Å². The highest BCUT2D eigenvalue weighted by Crippen LogP contribution is 2.31. The number of thiol groups is 1. The minimum Gasteiger partial charge on any atom is -0.310 e. The first kappa shape index (κ1) is 20.1. The predicted molar refractivity (Wildman–Crippen MR) is 96.9 cm³/mol. The lowest BCUT2D eigenvalue weighted by atomic mass is 10.1. The number of aryl methyl sites for hydroxylation is 1. The smallest absolute Gasteiger partial charge is 0.310 e. The van der Waals surface area contributed by atoms with Crippen LogP contribution in [0.4, 0.5) is 13.2 Å². The summed E-state index contributed by atoms with van der Waals surface area (Å²) in [4.78, 5) is 19.2. The largest absolute Gasteiger partial charge is 0.416 e. The molecule has 11 heteroatoms. The van der Waals surface area contributed by atoms with Gasteiger partial charge in [0, 0.05) is 0 Å². The summed E-state index contributed by atoms with van der Waals surface area (Å²) in [6.45, 7) is 4.65. The van der Waals surface area contributed by atoms with Gasteiger partial charge in [-0.25, -0.2) is 18.1 Å². The van der Waals surface area contributed by atoms with Crippen LogP contribution in [0, 0.1) is 6.92 Å². The number of H-pyrrole nitrogens is 1. The fraction of sp³-hybridized carbons (Fsp3) is 0.353. The maximum Gasteiger partial charge on any atom is 0.416 e. The molecule has 3 rings (SSSR count). The zero-order chi connectivity index (χ0) is 20.8. The van der Waals surface area contributed by atoms with Crippen molar-refractivity contribution in [3.05, 3.63) is 57.3 Å². The van der Waals surface area contributed by atoms with E-state index in [-0.39, 0.29) is 16.7 Å². The van der Waals surface area contributed by atoms with Crippen LogP contribution in [-0.2, 0) is 16.9 Å². The lowest BCUT2D eigenvalue weighted by Gasteiger charge is -2.15. The Hall–Kier alpha value is -2.69. The number of alkyl halides is 3. The molecule has 0 radical (unpaired) electrons. The molecule has 1 aromatic carbocycles. The zero-order valence-corrected chi connectivity index (χ0v) is 16.0. The van der Waals surface area contributed by atoms with E-state index >= 15 is 0 Å². The fourth-order valence-corrected chi connectivity index (χ4v) is 3.32. The molecule has 0 unspecified atom stereocenters. The normalized spacial score (nSPS) is 14.5. The van der Waals surface area contributed by atoms with E-state index in [1.165, 1.54) is 23.7 Å². The highest BCUT2D eigenvalue weighted by Gasteiger charge is 2.30. The Labute approximate surface area is 159 Å². The molecule has 0 aliphatic rings. The molecule has 28 heavy (non-hydrogen) atoms. The van der Waals surface area contributed by atoms with Gasteiger partial charge in [-0.05, 0) is 38.5 Å². The highest BCUT2D eigenvalue weighted by molar-refractivity contribution is 7.72. The minimum absolute atomic E-state index is 0.0519. The van der Waals surface area contributed by atoms with Crippen LogP contribution >= 0.6 is 0 Å². The third-order valence-corrected chi connectivity index (χ3v) is 5.38.